The summed E-state index contributed by atoms with van der Waals surface area (Å²) in [7, 11) is 0. The van der Waals surface area contributed by atoms with Gasteiger partial charge in [0, 0.05) is 18.5 Å². The zero-order chi connectivity index (χ0) is 31.6. The van der Waals surface area contributed by atoms with Gasteiger partial charge < -0.3 is 15.5 Å². The molecule has 2 aromatic heterocycles. The van der Waals surface area contributed by atoms with Crippen LogP contribution in [-0.4, -0.2) is 84.0 Å². The Morgan fingerprint density at radius 3 is 2.55 bits per heavy atom. The van der Waals surface area contributed by atoms with Gasteiger partial charge >= 0.3 is 6.09 Å². The molecule has 0 spiro atoms. The molecule has 2 aliphatic rings. The summed E-state index contributed by atoms with van der Waals surface area (Å²) in [5.74, 6) is -0.220. The molecule has 2 fully saturated rings. The van der Waals surface area contributed by atoms with Crippen molar-refractivity contribution in [3.63, 3.8) is 0 Å². The highest BCUT2D eigenvalue weighted by molar-refractivity contribution is 7.13. The van der Waals surface area contributed by atoms with Crippen LogP contribution < -0.4 is 5.32 Å². The van der Waals surface area contributed by atoms with E-state index < -0.39 is 29.3 Å². The average Bonchev–Trinajstić information content (AvgIpc) is 3.80. The molecule has 0 radical (unpaired) electrons. The van der Waals surface area contributed by atoms with Crippen LogP contribution in [-0.2, 0) is 15.3 Å². The maximum atomic E-state index is 13.9. The number of aliphatic hydroxyl groups excluding tert-OH is 1. The van der Waals surface area contributed by atoms with Gasteiger partial charge in [-0.3, -0.25) is 19.4 Å². The van der Waals surface area contributed by atoms with Crippen molar-refractivity contribution in [2.24, 2.45) is 5.41 Å². The maximum absolute atomic E-state index is 13.9. The van der Waals surface area contributed by atoms with Crippen LogP contribution >= 0.6 is 11.3 Å². The maximum Gasteiger partial charge on any atom is 0.407 e. The van der Waals surface area contributed by atoms with E-state index in [4.69, 9.17) is 0 Å². The molecular formula is C31H41N7O5S. The van der Waals surface area contributed by atoms with Crippen molar-refractivity contribution >= 4 is 29.6 Å². The molecule has 13 heteroatoms. The second-order valence-corrected chi connectivity index (χ2v) is 13.3. The Balaban J connectivity index is 1.41. The molecule has 3 aromatic rings. The van der Waals surface area contributed by atoms with E-state index in [1.165, 1.54) is 9.58 Å². The predicted octanol–water partition coefficient (Wildman–Crippen LogP) is 4.13. The fourth-order valence-corrected chi connectivity index (χ4v) is 7.45. The molecule has 44 heavy (non-hydrogen) atoms. The minimum absolute atomic E-state index is 0.220. The van der Waals surface area contributed by atoms with Crippen molar-refractivity contribution in [1.82, 2.24) is 35.1 Å². The van der Waals surface area contributed by atoms with Crippen LogP contribution in [0.15, 0.2) is 36.0 Å². The molecule has 2 unspecified atom stereocenters. The number of amides is 2. The number of aliphatic hydroxyl groups is 1. The third kappa shape index (κ3) is 5.64. The second-order valence-electron chi connectivity index (χ2n) is 12.4. The highest BCUT2D eigenvalue weighted by Gasteiger charge is 2.56. The highest BCUT2D eigenvalue weighted by atomic mass is 32.1. The fraction of sp³-hybridized carbons (Fsp3) is 0.548. The van der Waals surface area contributed by atoms with Crippen LogP contribution in [0.2, 0.25) is 0 Å². The third-order valence-corrected chi connectivity index (χ3v) is 10.3. The van der Waals surface area contributed by atoms with Crippen LogP contribution in [0.1, 0.15) is 81.9 Å². The predicted molar refractivity (Wildman–Crippen MR) is 165 cm³/mol. The molecule has 2 aliphatic heterocycles. The first-order chi connectivity index (χ1) is 21.0. The number of benzene rings is 1. The Morgan fingerprint density at radius 2 is 1.91 bits per heavy atom. The Morgan fingerprint density at radius 1 is 1.16 bits per heavy atom. The summed E-state index contributed by atoms with van der Waals surface area (Å²) < 4.78 is 1.43. The van der Waals surface area contributed by atoms with Crippen molar-refractivity contribution in [2.75, 3.05) is 19.7 Å². The molecule has 4 atom stereocenters. The first-order valence-electron chi connectivity index (χ1n) is 15.1. The summed E-state index contributed by atoms with van der Waals surface area (Å²) >= 11 is 1.59. The van der Waals surface area contributed by atoms with Crippen molar-refractivity contribution in [3.05, 3.63) is 52.9 Å². The van der Waals surface area contributed by atoms with Gasteiger partial charge in [-0.2, -0.15) is 0 Å². The standard InChI is InChI=1S/C31H41N7O5S/c1-20(22-10-12-23(13-11-22)27-21(2)32-19-44-27)33-28(41)26-9-7-15-37(26)31(18-40,30(3,4)17-39)38-16-24(34-35-38)25-8-5-6-14-36(25)29(42)43/h10-13,16,18-20,25-26,39H,5-9,14-15,17H2,1-4H3,(H,33,41)(H,42,43)/t20-,25?,26?,31-/m1/s1. The molecule has 0 saturated carbocycles. The van der Waals surface area contributed by atoms with Crippen LogP contribution in [0.25, 0.3) is 10.4 Å². The summed E-state index contributed by atoms with van der Waals surface area (Å²) in [6.45, 7) is 7.89. The van der Waals surface area contributed by atoms with Crippen LogP contribution in [0, 0.1) is 12.3 Å². The zero-order valence-electron chi connectivity index (χ0n) is 25.6. The number of thiazole rings is 1. The lowest BCUT2D eigenvalue weighted by molar-refractivity contribution is -0.155. The number of aromatic nitrogens is 4. The van der Waals surface area contributed by atoms with Crippen molar-refractivity contribution in [2.45, 2.75) is 83.6 Å². The first kappa shape index (κ1) is 31.7. The lowest BCUT2D eigenvalue weighted by Gasteiger charge is -2.49. The SMILES string of the molecule is Cc1ncsc1-c1ccc([C@@H](C)NC(=O)C2CCCN2[C@](C=O)(n2cc(C3CCCCN3C(=O)O)nn2)C(C)(C)CO)cc1. The highest BCUT2D eigenvalue weighted by Crippen LogP contribution is 2.43. The van der Waals surface area contributed by atoms with Crippen LogP contribution in [0.5, 0.6) is 0 Å². The van der Waals surface area contributed by atoms with E-state index in [9.17, 15) is 24.6 Å². The number of nitrogens with one attached hydrogen (secondary N) is 1. The summed E-state index contributed by atoms with van der Waals surface area (Å²) in [5, 5.41) is 32.1. The molecule has 12 nitrogen and oxygen atoms in total. The van der Waals surface area contributed by atoms with Gasteiger partial charge in [-0.1, -0.05) is 43.3 Å². The monoisotopic (exact) mass is 623 g/mol. The van der Waals surface area contributed by atoms with E-state index in [1.54, 1.807) is 31.4 Å². The van der Waals surface area contributed by atoms with E-state index in [1.807, 2.05) is 48.5 Å². The van der Waals surface area contributed by atoms with E-state index >= 15 is 0 Å². The largest absolute Gasteiger partial charge is 0.465 e. The van der Waals surface area contributed by atoms with Crippen LogP contribution in [0.3, 0.4) is 0 Å². The van der Waals surface area contributed by atoms with Gasteiger partial charge in [-0.15, -0.1) is 16.4 Å². The fourth-order valence-electron chi connectivity index (χ4n) is 6.63. The summed E-state index contributed by atoms with van der Waals surface area (Å²) in [6, 6.07) is 6.62. The average molecular weight is 624 g/mol. The molecule has 2 amide bonds. The number of likely N-dealkylation sites (tertiary alicyclic amines) is 2. The molecule has 2 saturated heterocycles. The number of carbonyl (C=O) groups is 3. The summed E-state index contributed by atoms with van der Waals surface area (Å²) in [5.41, 5.74) is 2.65. The molecule has 1 aromatic carbocycles. The molecule has 4 heterocycles. The lowest BCUT2D eigenvalue weighted by Crippen LogP contribution is -2.65. The van der Waals surface area contributed by atoms with E-state index in [2.05, 4.69) is 20.6 Å². The lowest BCUT2D eigenvalue weighted by atomic mass is 9.78. The zero-order valence-corrected chi connectivity index (χ0v) is 26.5. The van der Waals surface area contributed by atoms with E-state index in [0.717, 1.165) is 40.8 Å². The smallest absolute Gasteiger partial charge is 0.407 e. The molecule has 236 valence electrons. The molecule has 3 N–H and O–H groups in total. The van der Waals surface area contributed by atoms with Crippen molar-refractivity contribution in [1.29, 1.82) is 0 Å². The molecule has 0 aliphatic carbocycles. The Kier molecular flexibility index (Phi) is 9.19. The quantitative estimate of drug-likeness (QED) is 0.283. The van der Waals surface area contributed by atoms with Gasteiger partial charge in [0.1, 0.15) is 5.69 Å². The molecule has 0 bridgehead atoms. The number of aldehydes is 1. The number of hydrogen-bond donors (Lipinski definition) is 3. The third-order valence-electron chi connectivity index (χ3n) is 9.28. The number of carboxylic acid groups (broad SMARTS) is 1. The number of aryl methyl sites for hydroxylation is 1. The number of rotatable bonds is 10. The summed E-state index contributed by atoms with van der Waals surface area (Å²) in [4.78, 5) is 47.7. The van der Waals surface area contributed by atoms with Gasteiger partial charge in [0.2, 0.25) is 5.91 Å². The number of nitrogens with zero attached hydrogens (tertiary/aromatic N) is 6. The minimum atomic E-state index is -1.55. The second kappa shape index (κ2) is 12.7. The normalized spacial score (nSPS) is 21.5. The van der Waals surface area contributed by atoms with Crippen molar-refractivity contribution < 1.29 is 24.6 Å². The topological polar surface area (TPSA) is 154 Å². The van der Waals surface area contributed by atoms with E-state index in [-0.39, 0.29) is 18.6 Å². The van der Waals surface area contributed by atoms with Crippen LogP contribution in [0.4, 0.5) is 4.79 Å². The summed E-state index contributed by atoms with van der Waals surface area (Å²) in [6.07, 6.45) is 4.74. The van der Waals surface area contributed by atoms with Gasteiger partial charge in [-0.05, 0) is 57.1 Å². The number of carbonyl (C=O) groups excluding carboxylic acids is 2. The van der Waals surface area contributed by atoms with Gasteiger partial charge in [0.05, 0.1) is 47.0 Å². The number of piperidine rings is 1. The van der Waals surface area contributed by atoms with Gasteiger partial charge in [0.15, 0.2) is 11.9 Å². The Hall–Kier alpha value is -3.68. The Bertz CT molecular complexity index is 1490. The van der Waals surface area contributed by atoms with Gasteiger partial charge in [0.25, 0.3) is 0 Å². The van der Waals surface area contributed by atoms with E-state index in [0.29, 0.717) is 38.0 Å². The molecule has 5 rings (SSSR count). The minimum Gasteiger partial charge on any atom is -0.465 e. The van der Waals surface area contributed by atoms with Crippen molar-refractivity contribution in [3.8, 4) is 10.4 Å². The van der Waals surface area contributed by atoms with Gasteiger partial charge in [-0.25, -0.2) is 14.5 Å². The Labute approximate surface area is 261 Å². The molecular weight excluding hydrogens is 582 g/mol. The first-order valence-corrected chi connectivity index (χ1v) is 16.0. The number of hydrogen-bond acceptors (Lipinski definition) is 9.